The minimum absolute atomic E-state index is 0.280. The Balaban J connectivity index is 2.09. The van der Waals surface area contributed by atoms with E-state index in [1.165, 1.54) is 23.2 Å². The standard InChI is InChI=1S/C18H31N3/c1-5-16(19)12-15-7-8-18(11-14(15)3)21-10-9-20(4)17(6-2)13-21/h7-8,11,16-17H,5-6,9-10,12-13,19H2,1-4H3. The molecular weight excluding hydrogens is 258 g/mol. The fourth-order valence-corrected chi connectivity index (χ4v) is 3.15. The number of nitrogens with two attached hydrogens (primary N) is 1. The van der Waals surface area contributed by atoms with Crippen LogP contribution in [0, 0.1) is 6.92 Å². The molecule has 118 valence electrons. The molecule has 1 heterocycles. The second-order valence-electron chi connectivity index (χ2n) is 6.47. The number of likely N-dealkylation sites (N-methyl/N-ethyl adjacent to an activating group) is 1. The fraction of sp³-hybridized carbons (Fsp3) is 0.667. The van der Waals surface area contributed by atoms with Crippen LogP contribution >= 0.6 is 0 Å². The Morgan fingerprint density at radius 1 is 1.29 bits per heavy atom. The first-order chi connectivity index (χ1) is 10.0. The Morgan fingerprint density at radius 2 is 2.05 bits per heavy atom. The molecule has 0 aromatic heterocycles. The van der Waals surface area contributed by atoms with Gasteiger partial charge in [0.15, 0.2) is 0 Å². The molecule has 0 amide bonds. The quantitative estimate of drug-likeness (QED) is 0.904. The molecule has 1 fully saturated rings. The molecule has 0 radical (unpaired) electrons. The zero-order chi connectivity index (χ0) is 15.4. The summed E-state index contributed by atoms with van der Waals surface area (Å²) in [5, 5.41) is 0. The number of aryl methyl sites for hydroxylation is 1. The third-order valence-electron chi connectivity index (χ3n) is 4.95. The molecule has 0 bridgehead atoms. The molecule has 0 aliphatic carbocycles. The number of anilines is 1. The van der Waals surface area contributed by atoms with Gasteiger partial charge in [-0.3, -0.25) is 4.90 Å². The zero-order valence-corrected chi connectivity index (χ0v) is 14.1. The number of rotatable bonds is 5. The summed E-state index contributed by atoms with van der Waals surface area (Å²) in [5.74, 6) is 0. The molecule has 2 atom stereocenters. The van der Waals surface area contributed by atoms with Crippen molar-refractivity contribution in [2.24, 2.45) is 5.73 Å². The van der Waals surface area contributed by atoms with Gasteiger partial charge in [0.25, 0.3) is 0 Å². The summed E-state index contributed by atoms with van der Waals surface area (Å²) >= 11 is 0. The van der Waals surface area contributed by atoms with Crippen LogP contribution in [-0.2, 0) is 6.42 Å². The zero-order valence-electron chi connectivity index (χ0n) is 14.1. The average Bonchev–Trinajstić information content (AvgIpc) is 2.49. The molecule has 3 heteroatoms. The molecular formula is C18H31N3. The van der Waals surface area contributed by atoms with Crippen molar-refractivity contribution < 1.29 is 0 Å². The minimum Gasteiger partial charge on any atom is -0.369 e. The molecule has 3 nitrogen and oxygen atoms in total. The Bertz CT molecular complexity index is 458. The fourth-order valence-electron chi connectivity index (χ4n) is 3.15. The predicted octanol–water partition coefficient (Wildman–Crippen LogP) is 2.81. The second kappa shape index (κ2) is 7.28. The highest BCUT2D eigenvalue weighted by Crippen LogP contribution is 2.23. The van der Waals surface area contributed by atoms with Crippen molar-refractivity contribution in [1.82, 2.24) is 4.90 Å². The molecule has 1 saturated heterocycles. The highest BCUT2D eigenvalue weighted by molar-refractivity contribution is 5.51. The van der Waals surface area contributed by atoms with E-state index in [2.05, 4.69) is 55.8 Å². The van der Waals surface area contributed by atoms with Crippen molar-refractivity contribution in [2.75, 3.05) is 31.6 Å². The lowest BCUT2D eigenvalue weighted by Gasteiger charge is -2.40. The number of piperazine rings is 1. The summed E-state index contributed by atoms with van der Waals surface area (Å²) in [5.41, 5.74) is 10.2. The van der Waals surface area contributed by atoms with E-state index >= 15 is 0 Å². The van der Waals surface area contributed by atoms with E-state index in [9.17, 15) is 0 Å². The molecule has 1 aliphatic heterocycles. The topological polar surface area (TPSA) is 32.5 Å². The largest absolute Gasteiger partial charge is 0.369 e. The van der Waals surface area contributed by atoms with Gasteiger partial charge in [-0.25, -0.2) is 0 Å². The first-order valence-corrected chi connectivity index (χ1v) is 8.35. The van der Waals surface area contributed by atoms with Crippen molar-refractivity contribution in [3.8, 4) is 0 Å². The van der Waals surface area contributed by atoms with Crippen molar-refractivity contribution in [3.63, 3.8) is 0 Å². The second-order valence-corrected chi connectivity index (χ2v) is 6.47. The maximum Gasteiger partial charge on any atom is 0.0370 e. The Hall–Kier alpha value is -1.06. The van der Waals surface area contributed by atoms with E-state index in [0.717, 1.165) is 32.5 Å². The van der Waals surface area contributed by atoms with Crippen LogP contribution in [0.1, 0.15) is 37.8 Å². The van der Waals surface area contributed by atoms with Crippen LogP contribution in [0.3, 0.4) is 0 Å². The number of benzene rings is 1. The third kappa shape index (κ3) is 3.98. The Kier molecular flexibility index (Phi) is 5.65. The van der Waals surface area contributed by atoms with Crippen molar-refractivity contribution in [2.45, 2.75) is 52.1 Å². The van der Waals surface area contributed by atoms with E-state index < -0.39 is 0 Å². The van der Waals surface area contributed by atoms with Gasteiger partial charge in [0.1, 0.15) is 0 Å². The molecule has 2 rings (SSSR count). The van der Waals surface area contributed by atoms with Gasteiger partial charge >= 0.3 is 0 Å². The molecule has 1 aromatic carbocycles. The van der Waals surface area contributed by atoms with Crippen LogP contribution in [0.25, 0.3) is 0 Å². The lowest BCUT2D eigenvalue weighted by molar-refractivity contribution is 0.213. The normalized spacial score (nSPS) is 21.6. The van der Waals surface area contributed by atoms with Crippen LogP contribution in [0.15, 0.2) is 18.2 Å². The number of nitrogens with zero attached hydrogens (tertiary/aromatic N) is 2. The predicted molar refractivity (Wildman–Crippen MR) is 92.1 cm³/mol. The van der Waals surface area contributed by atoms with Gasteiger partial charge in [0, 0.05) is 37.4 Å². The molecule has 2 N–H and O–H groups in total. The van der Waals surface area contributed by atoms with Crippen LogP contribution < -0.4 is 10.6 Å². The lowest BCUT2D eigenvalue weighted by atomic mass is 9.99. The molecule has 0 saturated carbocycles. The summed E-state index contributed by atoms with van der Waals surface area (Å²) in [7, 11) is 2.24. The highest BCUT2D eigenvalue weighted by Gasteiger charge is 2.23. The van der Waals surface area contributed by atoms with Gasteiger partial charge in [-0.2, -0.15) is 0 Å². The first-order valence-electron chi connectivity index (χ1n) is 8.35. The maximum absolute atomic E-state index is 6.09. The first kappa shape index (κ1) is 16.3. The van der Waals surface area contributed by atoms with Crippen molar-refractivity contribution in [1.29, 1.82) is 0 Å². The summed E-state index contributed by atoms with van der Waals surface area (Å²) in [6.07, 6.45) is 3.25. The van der Waals surface area contributed by atoms with Gasteiger partial charge in [0.05, 0.1) is 0 Å². The smallest absolute Gasteiger partial charge is 0.0370 e. The van der Waals surface area contributed by atoms with E-state index in [4.69, 9.17) is 5.73 Å². The molecule has 0 spiro atoms. The van der Waals surface area contributed by atoms with Gasteiger partial charge < -0.3 is 10.6 Å². The summed E-state index contributed by atoms with van der Waals surface area (Å²) in [4.78, 5) is 5.02. The Labute approximate surface area is 130 Å². The summed E-state index contributed by atoms with van der Waals surface area (Å²) < 4.78 is 0. The van der Waals surface area contributed by atoms with Crippen molar-refractivity contribution in [3.05, 3.63) is 29.3 Å². The van der Waals surface area contributed by atoms with Crippen LogP contribution in [0.4, 0.5) is 5.69 Å². The van der Waals surface area contributed by atoms with E-state index in [1.807, 2.05) is 0 Å². The lowest BCUT2D eigenvalue weighted by Crippen LogP contribution is -2.51. The molecule has 21 heavy (non-hydrogen) atoms. The number of hydrogen-bond acceptors (Lipinski definition) is 3. The monoisotopic (exact) mass is 289 g/mol. The third-order valence-corrected chi connectivity index (χ3v) is 4.95. The van der Waals surface area contributed by atoms with Crippen LogP contribution in [-0.4, -0.2) is 43.7 Å². The van der Waals surface area contributed by atoms with E-state index in [1.54, 1.807) is 0 Å². The summed E-state index contributed by atoms with van der Waals surface area (Å²) in [6, 6.07) is 7.85. The molecule has 1 aliphatic rings. The van der Waals surface area contributed by atoms with Gasteiger partial charge in [-0.05, 0) is 56.5 Å². The van der Waals surface area contributed by atoms with Gasteiger partial charge in [-0.1, -0.05) is 19.9 Å². The van der Waals surface area contributed by atoms with Crippen molar-refractivity contribution >= 4 is 5.69 Å². The van der Waals surface area contributed by atoms with Gasteiger partial charge in [-0.15, -0.1) is 0 Å². The Morgan fingerprint density at radius 3 is 2.67 bits per heavy atom. The molecule has 2 unspecified atom stereocenters. The van der Waals surface area contributed by atoms with E-state index in [0.29, 0.717) is 6.04 Å². The molecule has 1 aromatic rings. The highest BCUT2D eigenvalue weighted by atomic mass is 15.3. The minimum atomic E-state index is 0.280. The van der Waals surface area contributed by atoms with Crippen LogP contribution in [0.5, 0.6) is 0 Å². The average molecular weight is 289 g/mol. The van der Waals surface area contributed by atoms with Crippen LogP contribution in [0.2, 0.25) is 0 Å². The summed E-state index contributed by atoms with van der Waals surface area (Å²) in [6.45, 7) is 10.1. The number of hydrogen-bond donors (Lipinski definition) is 1. The van der Waals surface area contributed by atoms with E-state index in [-0.39, 0.29) is 6.04 Å². The van der Waals surface area contributed by atoms with Gasteiger partial charge in [0.2, 0.25) is 0 Å². The SMILES string of the molecule is CCC(N)Cc1ccc(N2CCN(C)C(CC)C2)cc1C. The maximum atomic E-state index is 6.09.